The third-order valence-corrected chi connectivity index (χ3v) is 8.72. The minimum absolute atomic E-state index is 0.0208. The normalized spacial score (nSPS) is 18.6. The molecular weight excluding hydrogens is 582 g/mol. The van der Waals surface area contributed by atoms with E-state index in [2.05, 4.69) is 49.1 Å². The zero-order chi connectivity index (χ0) is 32.6. The van der Waals surface area contributed by atoms with Crippen LogP contribution in [0.1, 0.15) is 98.8 Å². The van der Waals surface area contributed by atoms with E-state index >= 15 is 0 Å². The highest BCUT2D eigenvalue weighted by Gasteiger charge is 2.43. The average Bonchev–Trinajstić information content (AvgIpc) is 3.61. The highest BCUT2D eigenvalue weighted by Crippen LogP contribution is 2.47. The Bertz CT molecular complexity index is 1760. The van der Waals surface area contributed by atoms with E-state index in [1.807, 2.05) is 80.7 Å². The molecule has 0 unspecified atom stereocenters. The molecule has 2 atom stereocenters. The van der Waals surface area contributed by atoms with Crippen molar-refractivity contribution >= 4 is 23.4 Å². The molecule has 12 heteroatoms. The number of urea groups is 1. The minimum atomic E-state index is -0.407. The molecule has 0 bridgehead atoms. The van der Waals surface area contributed by atoms with Gasteiger partial charge in [-0.1, -0.05) is 52.0 Å². The van der Waals surface area contributed by atoms with Gasteiger partial charge in [0.25, 0.3) is 5.91 Å². The van der Waals surface area contributed by atoms with Gasteiger partial charge < -0.3 is 20.3 Å². The first kappa shape index (κ1) is 31.4. The molecule has 1 saturated carbocycles. The molecule has 6 rings (SSSR count). The first-order valence-corrected chi connectivity index (χ1v) is 15.9. The van der Waals surface area contributed by atoms with Gasteiger partial charge in [-0.2, -0.15) is 0 Å². The molecule has 0 spiro atoms. The molecular formula is C34H43N9O3. The molecule has 3 amide bonds. The molecule has 46 heavy (non-hydrogen) atoms. The topological polar surface area (TPSA) is 139 Å². The number of pyridine rings is 1. The second kappa shape index (κ2) is 12.3. The maximum Gasteiger partial charge on any atom is 0.320 e. The number of amides is 3. The summed E-state index contributed by atoms with van der Waals surface area (Å²) in [4.78, 5) is 37.1. The standard InChI is InChI=1S/C34H43N9O3/c1-33(2,3)26-19-27(38-29(37-26)30(44)35-17-18-42(5)6)39-32(45)36-24-12-13-25(23-10-8-7-9-22(23)24)46-21-11-14-28-40-41-31(43(28)20-21)34(4)15-16-34/h7-11,14,19-20,24-25H,12-13,15-18H2,1-6H3,(H,35,44)(H2,36,37,38,39,45)/t24-,25+/m0/s1. The lowest BCUT2D eigenvalue weighted by atomic mass is 9.85. The zero-order valence-electron chi connectivity index (χ0n) is 27.4. The lowest BCUT2D eigenvalue weighted by molar-refractivity contribution is 0.0940. The second-order valence-electron chi connectivity index (χ2n) is 13.9. The van der Waals surface area contributed by atoms with Crippen molar-refractivity contribution < 1.29 is 14.3 Å². The number of benzene rings is 1. The fraction of sp³-hybridized carbons (Fsp3) is 0.471. The summed E-state index contributed by atoms with van der Waals surface area (Å²) in [5, 5.41) is 17.6. The number of carbonyl (C=O) groups excluding carboxylic acids is 2. The van der Waals surface area contributed by atoms with Crippen molar-refractivity contribution in [1.29, 1.82) is 0 Å². The molecule has 1 aromatic carbocycles. The third kappa shape index (κ3) is 6.81. The van der Waals surface area contributed by atoms with Crippen molar-refractivity contribution in [3.8, 4) is 5.75 Å². The Balaban J connectivity index is 1.16. The monoisotopic (exact) mass is 625 g/mol. The highest BCUT2D eigenvalue weighted by atomic mass is 16.5. The summed E-state index contributed by atoms with van der Waals surface area (Å²) in [7, 11) is 3.87. The third-order valence-electron chi connectivity index (χ3n) is 8.72. The molecule has 2 aliphatic rings. The maximum atomic E-state index is 13.3. The number of nitrogens with one attached hydrogen (secondary N) is 3. The highest BCUT2D eigenvalue weighted by molar-refractivity contribution is 5.92. The number of ether oxygens (including phenoxy) is 1. The Kier molecular flexibility index (Phi) is 8.41. The SMILES string of the molecule is CN(C)CCNC(=O)c1nc(NC(=O)N[C@H]2CC[C@@H](Oc3ccc4nnc(C5(C)CC5)n4c3)c3ccccc32)cc(C(C)(C)C)n1. The molecule has 0 radical (unpaired) electrons. The number of fused-ring (bicyclic) bond motifs is 2. The second-order valence-corrected chi connectivity index (χ2v) is 13.9. The van der Waals surface area contributed by atoms with Gasteiger partial charge in [-0.15, -0.1) is 10.2 Å². The summed E-state index contributed by atoms with van der Waals surface area (Å²) in [6, 6.07) is 13.0. The van der Waals surface area contributed by atoms with Crippen molar-refractivity contribution in [3.63, 3.8) is 0 Å². The number of aromatic nitrogens is 5. The van der Waals surface area contributed by atoms with Crippen LogP contribution in [0.5, 0.6) is 5.75 Å². The van der Waals surface area contributed by atoms with Gasteiger partial charge in [0.1, 0.15) is 23.5 Å². The van der Waals surface area contributed by atoms with Crippen LogP contribution < -0.4 is 20.7 Å². The van der Waals surface area contributed by atoms with Crippen molar-refractivity contribution in [2.24, 2.45) is 0 Å². The van der Waals surface area contributed by atoms with Gasteiger partial charge in [0, 0.05) is 30.0 Å². The maximum absolute atomic E-state index is 13.3. The van der Waals surface area contributed by atoms with Crippen LogP contribution in [0.4, 0.5) is 10.6 Å². The van der Waals surface area contributed by atoms with Crippen molar-refractivity contribution in [2.75, 3.05) is 32.5 Å². The zero-order valence-corrected chi connectivity index (χ0v) is 27.4. The molecule has 4 aromatic rings. The average molecular weight is 626 g/mol. The number of hydrogen-bond acceptors (Lipinski definition) is 8. The fourth-order valence-electron chi connectivity index (χ4n) is 5.73. The van der Waals surface area contributed by atoms with Gasteiger partial charge in [0.15, 0.2) is 5.65 Å². The van der Waals surface area contributed by atoms with E-state index in [4.69, 9.17) is 4.74 Å². The molecule has 2 aliphatic carbocycles. The van der Waals surface area contributed by atoms with E-state index in [1.165, 1.54) is 0 Å². The Morgan fingerprint density at radius 1 is 1.04 bits per heavy atom. The Hall–Kier alpha value is -4.58. The predicted molar refractivity (Wildman–Crippen MR) is 175 cm³/mol. The van der Waals surface area contributed by atoms with Crippen molar-refractivity contribution in [1.82, 2.24) is 40.1 Å². The largest absolute Gasteiger partial charge is 0.484 e. The number of nitrogens with zero attached hydrogens (tertiary/aromatic N) is 6. The Labute approximate surface area is 269 Å². The molecule has 242 valence electrons. The lowest BCUT2D eigenvalue weighted by Gasteiger charge is -2.32. The van der Waals surface area contributed by atoms with Crippen molar-refractivity contribution in [3.05, 3.63) is 77.1 Å². The number of carbonyl (C=O) groups is 2. The van der Waals surface area contributed by atoms with Crippen LogP contribution in [0.3, 0.4) is 0 Å². The van der Waals surface area contributed by atoms with E-state index in [0.29, 0.717) is 31.6 Å². The summed E-state index contributed by atoms with van der Waals surface area (Å²) in [6.45, 7) is 9.36. The molecule has 3 N–H and O–H groups in total. The molecule has 12 nitrogen and oxygen atoms in total. The lowest BCUT2D eigenvalue weighted by Crippen LogP contribution is -2.36. The van der Waals surface area contributed by atoms with E-state index in [0.717, 1.165) is 41.2 Å². The van der Waals surface area contributed by atoms with Crippen LogP contribution in [0, 0.1) is 0 Å². The van der Waals surface area contributed by atoms with E-state index in [-0.39, 0.29) is 40.5 Å². The predicted octanol–water partition coefficient (Wildman–Crippen LogP) is 4.94. The smallest absolute Gasteiger partial charge is 0.320 e. The first-order valence-electron chi connectivity index (χ1n) is 15.9. The van der Waals surface area contributed by atoms with Gasteiger partial charge in [0.2, 0.25) is 5.82 Å². The van der Waals surface area contributed by atoms with E-state index < -0.39 is 6.03 Å². The van der Waals surface area contributed by atoms with Gasteiger partial charge in [-0.25, -0.2) is 14.8 Å². The summed E-state index contributed by atoms with van der Waals surface area (Å²) in [5.74, 6) is 1.63. The van der Waals surface area contributed by atoms with Gasteiger partial charge in [-0.3, -0.25) is 14.5 Å². The summed E-state index contributed by atoms with van der Waals surface area (Å²) < 4.78 is 8.60. The molecule has 1 fully saturated rings. The van der Waals surface area contributed by atoms with Crippen LogP contribution in [0.25, 0.3) is 5.65 Å². The Morgan fingerprint density at radius 2 is 1.80 bits per heavy atom. The molecule has 0 aliphatic heterocycles. The number of hydrogen-bond donors (Lipinski definition) is 3. The fourth-order valence-corrected chi connectivity index (χ4v) is 5.73. The molecule has 0 saturated heterocycles. The van der Waals surface area contributed by atoms with Crippen LogP contribution in [-0.2, 0) is 10.8 Å². The summed E-state index contributed by atoms with van der Waals surface area (Å²) in [6.07, 6.45) is 5.43. The first-order chi connectivity index (χ1) is 21.9. The van der Waals surface area contributed by atoms with Crippen LogP contribution in [-0.4, -0.2) is 68.6 Å². The Morgan fingerprint density at radius 3 is 2.52 bits per heavy atom. The molecule has 3 heterocycles. The van der Waals surface area contributed by atoms with Gasteiger partial charge in [-0.05, 0) is 63.0 Å². The summed E-state index contributed by atoms with van der Waals surface area (Å²) >= 11 is 0. The van der Waals surface area contributed by atoms with Gasteiger partial charge >= 0.3 is 6.03 Å². The van der Waals surface area contributed by atoms with Crippen molar-refractivity contribution in [2.45, 2.75) is 76.4 Å². The van der Waals surface area contributed by atoms with Crippen LogP contribution in [0.15, 0.2) is 48.7 Å². The number of likely N-dealkylation sites (N-methyl/N-ethyl adjacent to an activating group) is 1. The molecule has 3 aromatic heterocycles. The number of anilines is 1. The quantitative estimate of drug-likeness (QED) is 0.238. The van der Waals surface area contributed by atoms with Crippen LogP contribution in [0.2, 0.25) is 0 Å². The minimum Gasteiger partial charge on any atom is -0.484 e. The van der Waals surface area contributed by atoms with Crippen LogP contribution >= 0.6 is 0 Å². The number of rotatable bonds is 9. The van der Waals surface area contributed by atoms with E-state index in [1.54, 1.807) is 6.07 Å². The summed E-state index contributed by atoms with van der Waals surface area (Å²) in [5.41, 5.74) is 3.22. The van der Waals surface area contributed by atoms with E-state index in [9.17, 15) is 9.59 Å². The van der Waals surface area contributed by atoms with Gasteiger partial charge in [0.05, 0.1) is 17.9 Å².